The van der Waals surface area contributed by atoms with Gasteiger partial charge in [0.05, 0.1) is 12.6 Å². The molecule has 0 radical (unpaired) electrons. The van der Waals surface area contributed by atoms with E-state index in [1.807, 2.05) is 6.07 Å². The molecular weight excluding hydrogens is 288 g/mol. The maximum atomic E-state index is 4.82. The summed E-state index contributed by atoms with van der Waals surface area (Å²) in [6.07, 6.45) is 1.56. The highest BCUT2D eigenvalue weighted by molar-refractivity contribution is 5.84. The van der Waals surface area contributed by atoms with Crippen LogP contribution in [0.1, 0.15) is 24.2 Å². The maximum Gasteiger partial charge on any atom is 0.191 e. The van der Waals surface area contributed by atoms with E-state index in [-0.39, 0.29) is 6.04 Å². The molecule has 3 aromatic rings. The summed E-state index contributed by atoms with van der Waals surface area (Å²) in [4.78, 5) is 4.25. The van der Waals surface area contributed by atoms with Gasteiger partial charge in [0.15, 0.2) is 5.96 Å². The molecule has 0 saturated carbocycles. The van der Waals surface area contributed by atoms with Gasteiger partial charge in [-0.1, -0.05) is 41.6 Å². The van der Waals surface area contributed by atoms with Crippen molar-refractivity contribution in [3.8, 4) is 0 Å². The van der Waals surface area contributed by atoms with Crippen LogP contribution in [-0.2, 0) is 6.54 Å². The first-order valence-electron chi connectivity index (χ1n) is 7.61. The van der Waals surface area contributed by atoms with E-state index >= 15 is 0 Å². The number of hydrogen-bond acceptors (Lipinski definition) is 3. The average Bonchev–Trinajstić information content (AvgIpc) is 3.11. The number of hydrogen-bond donors (Lipinski definition) is 2. The molecule has 0 saturated heterocycles. The third-order valence-electron chi connectivity index (χ3n) is 3.78. The van der Waals surface area contributed by atoms with Crippen LogP contribution in [0.4, 0.5) is 0 Å². The topological polar surface area (TPSA) is 62.5 Å². The Kier molecular flexibility index (Phi) is 4.57. The molecule has 0 aliphatic carbocycles. The van der Waals surface area contributed by atoms with E-state index in [4.69, 9.17) is 4.52 Å². The molecule has 3 rings (SSSR count). The first kappa shape index (κ1) is 15.1. The highest BCUT2D eigenvalue weighted by Crippen LogP contribution is 2.20. The molecule has 0 amide bonds. The van der Waals surface area contributed by atoms with Crippen LogP contribution in [0.15, 0.2) is 64.3 Å². The van der Waals surface area contributed by atoms with E-state index in [1.165, 1.54) is 16.3 Å². The predicted molar refractivity (Wildman–Crippen MR) is 92.2 cm³/mol. The Morgan fingerprint density at radius 1 is 1.17 bits per heavy atom. The summed E-state index contributed by atoms with van der Waals surface area (Å²) in [6.45, 7) is 2.69. The fourth-order valence-corrected chi connectivity index (χ4v) is 2.46. The molecular formula is C18H20N4O. The minimum Gasteiger partial charge on any atom is -0.364 e. The summed E-state index contributed by atoms with van der Waals surface area (Å²) in [5.41, 5.74) is 2.05. The molecule has 0 fully saturated rings. The molecule has 0 aliphatic rings. The second-order valence-corrected chi connectivity index (χ2v) is 5.39. The van der Waals surface area contributed by atoms with Gasteiger partial charge in [-0.2, -0.15) is 0 Å². The van der Waals surface area contributed by atoms with E-state index in [1.54, 1.807) is 13.3 Å². The Balaban J connectivity index is 1.67. The van der Waals surface area contributed by atoms with Crippen LogP contribution in [0, 0.1) is 0 Å². The number of aromatic nitrogens is 1. The standard InChI is InChI=1S/C18H20N4O/c1-13(15-8-7-14-5-3-4-6-16(14)11-15)21-18(19-2)20-12-17-9-10-23-22-17/h3-11,13H,12H2,1-2H3,(H2,19,20,21). The zero-order valence-electron chi connectivity index (χ0n) is 13.3. The van der Waals surface area contributed by atoms with E-state index < -0.39 is 0 Å². The SMILES string of the molecule is CN=C(NCc1ccon1)NC(C)c1ccc2ccccc2c1. The van der Waals surface area contributed by atoms with Gasteiger partial charge in [-0.15, -0.1) is 0 Å². The molecule has 2 N–H and O–H groups in total. The van der Waals surface area contributed by atoms with Gasteiger partial charge < -0.3 is 15.2 Å². The first-order chi connectivity index (χ1) is 11.3. The quantitative estimate of drug-likeness (QED) is 0.573. The second-order valence-electron chi connectivity index (χ2n) is 5.39. The second kappa shape index (κ2) is 6.96. The molecule has 2 aromatic carbocycles. The largest absolute Gasteiger partial charge is 0.364 e. The van der Waals surface area contributed by atoms with Gasteiger partial charge in [-0.3, -0.25) is 4.99 Å². The predicted octanol–water partition coefficient (Wildman–Crippen LogP) is 3.25. The Morgan fingerprint density at radius 3 is 2.74 bits per heavy atom. The number of aliphatic imine (C=N–C) groups is 1. The molecule has 0 bridgehead atoms. The molecule has 1 aromatic heterocycles. The van der Waals surface area contributed by atoms with Crippen molar-refractivity contribution in [2.45, 2.75) is 19.5 Å². The van der Waals surface area contributed by atoms with E-state index in [0.717, 1.165) is 11.7 Å². The number of guanidine groups is 1. The van der Waals surface area contributed by atoms with Crippen molar-refractivity contribution in [1.29, 1.82) is 0 Å². The molecule has 1 atom stereocenters. The van der Waals surface area contributed by atoms with Crippen LogP contribution < -0.4 is 10.6 Å². The molecule has 118 valence electrons. The van der Waals surface area contributed by atoms with Crippen LogP contribution in [0.25, 0.3) is 10.8 Å². The van der Waals surface area contributed by atoms with Crippen molar-refractivity contribution in [2.24, 2.45) is 4.99 Å². The van der Waals surface area contributed by atoms with Crippen molar-refractivity contribution < 1.29 is 4.52 Å². The van der Waals surface area contributed by atoms with E-state index in [0.29, 0.717) is 6.54 Å². The van der Waals surface area contributed by atoms with Gasteiger partial charge in [-0.05, 0) is 29.3 Å². The van der Waals surface area contributed by atoms with Gasteiger partial charge in [0, 0.05) is 13.1 Å². The lowest BCUT2D eigenvalue weighted by atomic mass is 10.0. The molecule has 0 aliphatic heterocycles. The third kappa shape index (κ3) is 3.69. The van der Waals surface area contributed by atoms with Crippen LogP contribution in [0.5, 0.6) is 0 Å². The van der Waals surface area contributed by atoms with E-state index in [9.17, 15) is 0 Å². The number of benzene rings is 2. The minimum absolute atomic E-state index is 0.142. The Labute approximate surface area is 135 Å². The molecule has 5 heteroatoms. The van der Waals surface area contributed by atoms with E-state index in [2.05, 4.69) is 70.2 Å². The van der Waals surface area contributed by atoms with Crippen molar-refractivity contribution in [3.63, 3.8) is 0 Å². The molecule has 0 spiro atoms. The number of nitrogens with one attached hydrogen (secondary N) is 2. The normalized spacial score (nSPS) is 13.0. The average molecular weight is 308 g/mol. The van der Waals surface area contributed by atoms with Gasteiger partial charge >= 0.3 is 0 Å². The summed E-state index contributed by atoms with van der Waals surface area (Å²) in [5.74, 6) is 0.730. The lowest BCUT2D eigenvalue weighted by Crippen LogP contribution is -2.38. The summed E-state index contributed by atoms with van der Waals surface area (Å²) < 4.78 is 4.82. The highest BCUT2D eigenvalue weighted by Gasteiger charge is 2.09. The zero-order valence-corrected chi connectivity index (χ0v) is 13.3. The summed E-state index contributed by atoms with van der Waals surface area (Å²) >= 11 is 0. The lowest BCUT2D eigenvalue weighted by Gasteiger charge is -2.18. The monoisotopic (exact) mass is 308 g/mol. The van der Waals surface area contributed by atoms with Crippen molar-refractivity contribution in [3.05, 3.63) is 66.1 Å². The van der Waals surface area contributed by atoms with Crippen molar-refractivity contribution >= 4 is 16.7 Å². The van der Waals surface area contributed by atoms with Gasteiger partial charge in [-0.25, -0.2) is 0 Å². The smallest absolute Gasteiger partial charge is 0.191 e. The molecule has 1 unspecified atom stereocenters. The number of nitrogens with zero attached hydrogens (tertiary/aromatic N) is 2. The summed E-state index contributed by atoms with van der Waals surface area (Å²) in [7, 11) is 1.76. The van der Waals surface area contributed by atoms with Gasteiger partial charge in [0.25, 0.3) is 0 Å². The van der Waals surface area contributed by atoms with Crippen molar-refractivity contribution in [1.82, 2.24) is 15.8 Å². The van der Waals surface area contributed by atoms with Gasteiger partial charge in [0.1, 0.15) is 12.0 Å². The summed E-state index contributed by atoms with van der Waals surface area (Å²) in [5, 5.41) is 13.0. The third-order valence-corrected chi connectivity index (χ3v) is 3.78. The molecule has 1 heterocycles. The highest BCUT2D eigenvalue weighted by atomic mass is 16.5. The van der Waals surface area contributed by atoms with Gasteiger partial charge in [0.2, 0.25) is 0 Å². The minimum atomic E-state index is 0.142. The van der Waals surface area contributed by atoms with Crippen LogP contribution in [-0.4, -0.2) is 18.2 Å². The Hall–Kier alpha value is -2.82. The molecule has 5 nitrogen and oxygen atoms in total. The van der Waals surface area contributed by atoms with Crippen LogP contribution in [0.3, 0.4) is 0 Å². The Morgan fingerprint density at radius 2 is 2.00 bits per heavy atom. The Bertz CT molecular complexity index is 796. The number of fused-ring (bicyclic) bond motifs is 1. The summed E-state index contributed by atoms with van der Waals surface area (Å²) in [6, 6.07) is 16.8. The fraction of sp³-hybridized carbons (Fsp3) is 0.222. The van der Waals surface area contributed by atoms with Crippen LogP contribution >= 0.6 is 0 Å². The fourth-order valence-electron chi connectivity index (χ4n) is 2.46. The lowest BCUT2D eigenvalue weighted by molar-refractivity contribution is 0.410. The first-order valence-corrected chi connectivity index (χ1v) is 7.61. The number of rotatable bonds is 4. The van der Waals surface area contributed by atoms with Crippen LogP contribution in [0.2, 0.25) is 0 Å². The molecule has 23 heavy (non-hydrogen) atoms. The maximum absolute atomic E-state index is 4.82. The zero-order chi connectivity index (χ0) is 16.1. The van der Waals surface area contributed by atoms with Crippen molar-refractivity contribution in [2.75, 3.05) is 7.05 Å².